The summed E-state index contributed by atoms with van der Waals surface area (Å²) in [4.78, 5) is 11.8. The molecule has 0 aliphatic heterocycles. The predicted octanol–water partition coefficient (Wildman–Crippen LogP) is 3.26. The van der Waals surface area contributed by atoms with Crippen LogP contribution >= 0.6 is 0 Å². The van der Waals surface area contributed by atoms with Crippen molar-refractivity contribution in [2.45, 2.75) is 0 Å². The normalized spacial score (nSPS) is 11.3. The smallest absolute Gasteiger partial charge is 0.292 e. The van der Waals surface area contributed by atoms with Crippen molar-refractivity contribution < 1.29 is 4.39 Å². The second-order valence-corrected chi connectivity index (χ2v) is 4.48. The van der Waals surface area contributed by atoms with Crippen molar-refractivity contribution in [3.05, 3.63) is 58.8 Å². The summed E-state index contributed by atoms with van der Waals surface area (Å²) in [6.07, 6.45) is 1.86. The first-order valence-corrected chi connectivity index (χ1v) is 6.25. The number of azo groups is 1. The van der Waals surface area contributed by atoms with E-state index in [1.54, 1.807) is 0 Å². The third kappa shape index (κ3) is 2.53. The van der Waals surface area contributed by atoms with Gasteiger partial charge < -0.3 is 4.57 Å². The Balaban J connectivity index is 2.00. The number of nitrogens with one attached hydrogen (secondary N) is 2. The minimum Gasteiger partial charge on any atom is -0.349 e. The van der Waals surface area contributed by atoms with E-state index in [9.17, 15) is 9.18 Å². The number of hydrogen-bond acceptors (Lipinski definition) is 3. The molecule has 0 saturated carbocycles. The van der Waals surface area contributed by atoms with Gasteiger partial charge in [-0.05, 0) is 36.4 Å². The zero-order valence-corrected chi connectivity index (χ0v) is 11.2. The summed E-state index contributed by atoms with van der Waals surface area (Å²) in [5.74, 6) is -0.349. The van der Waals surface area contributed by atoms with Crippen LogP contribution in [0.5, 0.6) is 0 Å². The average Bonchev–Trinajstić information content (AvgIpc) is 3.04. The van der Waals surface area contributed by atoms with Gasteiger partial charge in [0.1, 0.15) is 11.5 Å². The lowest BCUT2D eigenvalue weighted by Crippen LogP contribution is -1.96. The van der Waals surface area contributed by atoms with Crippen LogP contribution in [0.15, 0.2) is 57.6 Å². The molecule has 3 aromatic rings. The van der Waals surface area contributed by atoms with Gasteiger partial charge in [0, 0.05) is 13.2 Å². The third-order valence-electron chi connectivity index (χ3n) is 3.04. The first kappa shape index (κ1) is 13.0. The van der Waals surface area contributed by atoms with Gasteiger partial charge in [-0.1, -0.05) is 0 Å². The molecule has 3 rings (SSSR count). The Bertz CT molecular complexity index is 841. The highest BCUT2D eigenvalue weighted by molar-refractivity contribution is 5.68. The summed E-state index contributed by atoms with van der Waals surface area (Å²) in [5, 5.41) is 13.2. The maximum atomic E-state index is 12.8. The molecule has 2 N–H and O–H groups in total. The quantitative estimate of drug-likeness (QED) is 0.712. The van der Waals surface area contributed by atoms with Crippen LogP contribution in [-0.2, 0) is 7.05 Å². The van der Waals surface area contributed by atoms with E-state index in [4.69, 9.17) is 0 Å². The molecule has 106 valence electrons. The fourth-order valence-electron chi connectivity index (χ4n) is 1.97. The molecule has 0 saturated heterocycles. The number of aromatic amines is 2. The van der Waals surface area contributed by atoms with Crippen LogP contribution < -0.4 is 5.56 Å². The molecule has 2 aromatic heterocycles. The molecule has 0 spiro atoms. The van der Waals surface area contributed by atoms with E-state index in [2.05, 4.69) is 20.4 Å². The van der Waals surface area contributed by atoms with Crippen molar-refractivity contribution >= 4 is 11.4 Å². The van der Waals surface area contributed by atoms with E-state index in [0.29, 0.717) is 11.4 Å². The molecule has 1 aromatic carbocycles. The number of rotatable bonds is 3. The van der Waals surface area contributed by atoms with Gasteiger partial charge in [-0.15, -0.1) is 5.11 Å². The van der Waals surface area contributed by atoms with Crippen LogP contribution in [0.3, 0.4) is 0 Å². The Kier molecular flexibility index (Phi) is 3.23. The highest BCUT2D eigenvalue weighted by atomic mass is 19.1. The van der Waals surface area contributed by atoms with E-state index in [-0.39, 0.29) is 17.1 Å². The number of aryl methyl sites for hydroxylation is 1. The number of H-pyrrole nitrogens is 2. The van der Waals surface area contributed by atoms with Crippen molar-refractivity contribution in [3.63, 3.8) is 0 Å². The van der Waals surface area contributed by atoms with E-state index in [0.717, 1.165) is 5.69 Å². The fraction of sp³-hybridized carbons (Fsp3) is 0.0714. The largest absolute Gasteiger partial charge is 0.349 e. The van der Waals surface area contributed by atoms with Gasteiger partial charge in [0.2, 0.25) is 0 Å². The first-order valence-electron chi connectivity index (χ1n) is 6.25. The molecule has 0 aliphatic carbocycles. The maximum Gasteiger partial charge on any atom is 0.292 e. The second-order valence-electron chi connectivity index (χ2n) is 4.48. The summed E-state index contributed by atoms with van der Waals surface area (Å²) >= 11 is 0. The average molecular weight is 285 g/mol. The van der Waals surface area contributed by atoms with Crippen LogP contribution in [0.25, 0.3) is 11.4 Å². The van der Waals surface area contributed by atoms with Crippen molar-refractivity contribution in [3.8, 4) is 11.4 Å². The van der Waals surface area contributed by atoms with Gasteiger partial charge in [-0.3, -0.25) is 15.0 Å². The molecule has 0 atom stereocenters. The van der Waals surface area contributed by atoms with E-state index < -0.39 is 0 Å². The molecule has 21 heavy (non-hydrogen) atoms. The molecular formula is C14H12FN5O. The van der Waals surface area contributed by atoms with Gasteiger partial charge in [-0.2, -0.15) is 5.11 Å². The van der Waals surface area contributed by atoms with Crippen LogP contribution in [0.4, 0.5) is 15.8 Å². The van der Waals surface area contributed by atoms with Crippen LogP contribution in [0, 0.1) is 5.82 Å². The summed E-state index contributed by atoms with van der Waals surface area (Å²) in [6.45, 7) is 0. The minimum atomic E-state index is -0.364. The summed E-state index contributed by atoms with van der Waals surface area (Å²) < 4.78 is 14.7. The molecule has 0 amide bonds. The first-order chi connectivity index (χ1) is 10.1. The predicted molar refractivity (Wildman–Crippen MR) is 76.4 cm³/mol. The number of benzene rings is 1. The summed E-state index contributed by atoms with van der Waals surface area (Å²) in [5.41, 5.74) is 1.65. The van der Waals surface area contributed by atoms with E-state index in [1.165, 1.54) is 24.3 Å². The summed E-state index contributed by atoms with van der Waals surface area (Å²) in [6, 6.07) is 9.27. The fourth-order valence-corrected chi connectivity index (χ4v) is 1.97. The van der Waals surface area contributed by atoms with E-state index >= 15 is 0 Å². The number of nitrogens with zero attached hydrogens (tertiary/aromatic N) is 3. The van der Waals surface area contributed by atoms with Crippen molar-refractivity contribution in [1.82, 2.24) is 14.8 Å². The molecular weight excluding hydrogens is 273 g/mol. The van der Waals surface area contributed by atoms with Crippen LogP contribution in [0.2, 0.25) is 0 Å². The Morgan fingerprint density at radius 3 is 2.52 bits per heavy atom. The Morgan fingerprint density at radius 1 is 1.10 bits per heavy atom. The number of hydrogen-bond donors (Lipinski definition) is 2. The molecule has 0 radical (unpaired) electrons. The van der Waals surface area contributed by atoms with Gasteiger partial charge >= 0.3 is 0 Å². The van der Waals surface area contributed by atoms with Crippen molar-refractivity contribution in [2.24, 2.45) is 17.3 Å². The van der Waals surface area contributed by atoms with Gasteiger partial charge in [0.25, 0.3) is 5.56 Å². The third-order valence-corrected chi connectivity index (χ3v) is 3.04. The monoisotopic (exact) mass is 285 g/mol. The minimum absolute atomic E-state index is 0.182. The zero-order chi connectivity index (χ0) is 14.8. The van der Waals surface area contributed by atoms with Gasteiger partial charge in [0.15, 0.2) is 5.69 Å². The van der Waals surface area contributed by atoms with Gasteiger partial charge in [-0.25, -0.2) is 4.39 Å². The lowest BCUT2D eigenvalue weighted by atomic mass is 10.3. The standard InChI is InChI=1S/C14H12FN5O/c1-20-8-2-3-11(20)12-13(14(21)19-17-12)18-16-10-6-4-9(15)5-7-10/h2-8H,1H3,(H2,17,19,21). The van der Waals surface area contributed by atoms with Crippen LogP contribution in [-0.4, -0.2) is 14.8 Å². The van der Waals surface area contributed by atoms with E-state index in [1.807, 2.05) is 29.9 Å². The van der Waals surface area contributed by atoms with Crippen molar-refractivity contribution in [2.75, 3.05) is 0 Å². The topological polar surface area (TPSA) is 78.3 Å². The molecule has 0 unspecified atom stereocenters. The SMILES string of the molecule is Cn1cccc1-c1[nH][nH]c(=O)c1N=Nc1ccc(F)cc1. The Hall–Kier alpha value is -2.96. The molecule has 0 fully saturated rings. The number of aromatic nitrogens is 3. The molecule has 2 heterocycles. The van der Waals surface area contributed by atoms with Crippen LogP contribution in [0.1, 0.15) is 0 Å². The molecule has 7 heteroatoms. The highest BCUT2D eigenvalue weighted by Crippen LogP contribution is 2.26. The molecule has 0 bridgehead atoms. The lowest BCUT2D eigenvalue weighted by Gasteiger charge is -2.00. The zero-order valence-electron chi connectivity index (χ0n) is 11.2. The Morgan fingerprint density at radius 2 is 1.86 bits per heavy atom. The molecule has 6 nitrogen and oxygen atoms in total. The Labute approximate surface area is 119 Å². The molecule has 0 aliphatic rings. The lowest BCUT2D eigenvalue weighted by molar-refractivity contribution is 0.628. The maximum absolute atomic E-state index is 12.8. The highest BCUT2D eigenvalue weighted by Gasteiger charge is 2.13. The number of halogens is 1. The summed E-state index contributed by atoms with van der Waals surface area (Å²) in [7, 11) is 1.86. The van der Waals surface area contributed by atoms with Crippen molar-refractivity contribution in [1.29, 1.82) is 0 Å². The van der Waals surface area contributed by atoms with Gasteiger partial charge in [0.05, 0.1) is 11.4 Å². The second kappa shape index (κ2) is 5.20.